The third kappa shape index (κ3) is 4.97. The molecule has 2 amide bonds. The Balaban J connectivity index is 1.64. The molecule has 1 saturated heterocycles. The average molecular weight is 383 g/mol. The number of piperazine rings is 1. The van der Waals surface area contributed by atoms with Gasteiger partial charge in [0.2, 0.25) is 11.9 Å². The van der Waals surface area contributed by atoms with Crippen molar-refractivity contribution in [3.63, 3.8) is 0 Å². The van der Waals surface area contributed by atoms with Gasteiger partial charge in [0.1, 0.15) is 11.4 Å². The van der Waals surface area contributed by atoms with Crippen molar-refractivity contribution in [1.82, 2.24) is 19.8 Å². The van der Waals surface area contributed by atoms with Crippen molar-refractivity contribution < 1.29 is 14.3 Å². The Labute approximate surface area is 164 Å². The van der Waals surface area contributed by atoms with Crippen LogP contribution < -0.4 is 10.1 Å². The quantitative estimate of drug-likeness (QED) is 0.853. The van der Waals surface area contributed by atoms with Gasteiger partial charge in [-0.25, -0.2) is 9.97 Å². The Morgan fingerprint density at radius 1 is 1.04 bits per heavy atom. The Morgan fingerprint density at radius 2 is 1.68 bits per heavy atom. The molecule has 3 rings (SSSR count). The average Bonchev–Trinajstić information content (AvgIpc) is 2.69. The molecule has 0 atom stereocenters. The van der Waals surface area contributed by atoms with Crippen LogP contribution in [0.15, 0.2) is 36.5 Å². The van der Waals surface area contributed by atoms with Crippen LogP contribution in [0.3, 0.4) is 0 Å². The molecule has 1 N–H and O–H groups in total. The number of rotatable bonds is 5. The van der Waals surface area contributed by atoms with Crippen molar-refractivity contribution >= 4 is 23.5 Å². The molecule has 0 radical (unpaired) electrons. The highest BCUT2D eigenvalue weighted by Crippen LogP contribution is 2.19. The number of hydrogen-bond donors (Lipinski definition) is 1. The van der Waals surface area contributed by atoms with E-state index in [0.717, 1.165) is 11.4 Å². The van der Waals surface area contributed by atoms with E-state index in [4.69, 9.17) is 4.74 Å². The first-order valence-electron chi connectivity index (χ1n) is 9.34. The van der Waals surface area contributed by atoms with Gasteiger partial charge in [-0.2, -0.15) is 0 Å². The molecule has 8 nitrogen and oxygen atoms in total. The summed E-state index contributed by atoms with van der Waals surface area (Å²) in [5.74, 6) is 1.01. The Morgan fingerprint density at radius 3 is 2.29 bits per heavy atom. The van der Waals surface area contributed by atoms with Crippen molar-refractivity contribution in [2.75, 3.05) is 31.5 Å². The van der Waals surface area contributed by atoms with Crippen LogP contribution in [-0.2, 0) is 4.79 Å². The summed E-state index contributed by atoms with van der Waals surface area (Å²) in [6.07, 6.45) is 1.67. The molecule has 0 unspecified atom stereocenters. The van der Waals surface area contributed by atoms with Crippen LogP contribution in [0.4, 0.5) is 11.6 Å². The lowest BCUT2D eigenvalue weighted by atomic mass is 10.2. The second kappa shape index (κ2) is 8.69. The summed E-state index contributed by atoms with van der Waals surface area (Å²) in [6.45, 7) is 7.58. The van der Waals surface area contributed by atoms with Crippen LogP contribution in [0.2, 0.25) is 0 Å². The van der Waals surface area contributed by atoms with E-state index >= 15 is 0 Å². The lowest BCUT2D eigenvalue weighted by molar-refractivity contribution is -0.130. The summed E-state index contributed by atoms with van der Waals surface area (Å²) in [7, 11) is 0. The van der Waals surface area contributed by atoms with Crippen molar-refractivity contribution in [1.29, 1.82) is 0 Å². The number of amides is 2. The molecule has 1 aromatic carbocycles. The van der Waals surface area contributed by atoms with Gasteiger partial charge in [0.25, 0.3) is 5.91 Å². The summed E-state index contributed by atoms with van der Waals surface area (Å²) in [6, 6.07) is 9.08. The van der Waals surface area contributed by atoms with Gasteiger partial charge in [-0.05, 0) is 44.2 Å². The monoisotopic (exact) mass is 383 g/mol. The Bertz CT molecular complexity index is 830. The van der Waals surface area contributed by atoms with Gasteiger partial charge in [0.05, 0.1) is 6.10 Å². The fourth-order valence-electron chi connectivity index (χ4n) is 2.94. The number of carbonyl (C=O) groups excluding carboxylic acids is 2. The fraction of sp³-hybridized carbons (Fsp3) is 0.400. The first-order chi connectivity index (χ1) is 13.4. The topological polar surface area (TPSA) is 87.7 Å². The summed E-state index contributed by atoms with van der Waals surface area (Å²) >= 11 is 0. The summed E-state index contributed by atoms with van der Waals surface area (Å²) in [5, 5.41) is 3.10. The highest BCUT2D eigenvalue weighted by atomic mass is 16.5. The van der Waals surface area contributed by atoms with E-state index in [9.17, 15) is 9.59 Å². The van der Waals surface area contributed by atoms with Crippen LogP contribution in [0.5, 0.6) is 5.75 Å². The van der Waals surface area contributed by atoms with Crippen molar-refractivity contribution in [2.24, 2.45) is 0 Å². The lowest BCUT2D eigenvalue weighted by Gasteiger charge is -2.34. The Hall–Kier alpha value is -3.16. The van der Waals surface area contributed by atoms with Crippen LogP contribution >= 0.6 is 0 Å². The van der Waals surface area contributed by atoms with Gasteiger partial charge in [0, 0.05) is 45.0 Å². The highest BCUT2D eigenvalue weighted by Gasteiger charge is 2.24. The molecular formula is C20H25N5O3. The highest BCUT2D eigenvalue weighted by molar-refractivity contribution is 5.92. The normalized spacial score (nSPS) is 14.1. The van der Waals surface area contributed by atoms with Crippen molar-refractivity contribution in [3.05, 3.63) is 42.2 Å². The molecule has 0 aliphatic carbocycles. The third-order valence-corrected chi connectivity index (χ3v) is 4.37. The number of benzene rings is 1. The molecule has 1 fully saturated rings. The first kappa shape index (κ1) is 19.6. The standard InChI is InChI=1S/C20H25N5O3/c1-14(2)28-17-6-4-16(5-7-17)22-20-21-9-8-18(23-20)19(27)25-12-10-24(11-13-25)15(3)26/h4-9,14H,10-13H2,1-3H3,(H,21,22,23). The maximum atomic E-state index is 12.7. The zero-order chi connectivity index (χ0) is 20.1. The van der Waals surface area contributed by atoms with Crippen LogP contribution in [0.25, 0.3) is 0 Å². The number of nitrogens with zero attached hydrogens (tertiary/aromatic N) is 4. The summed E-state index contributed by atoms with van der Waals surface area (Å²) in [4.78, 5) is 36.1. The van der Waals surface area contributed by atoms with Gasteiger partial charge in [-0.3, -0.25) is 9.59 Å². The number of anilines is 2. The molecular weight excluding hydrogens is 358 g/mol. The molecule has 1 aromatic heterocycles. The second-order valence-electron chi connectivity index (χ2n) is 6.88. The Kier molecular flexibility index (Phi) is 6.08. The molecule has 1 aliphatic rings. The van der Waals surface area contributed by atoms with Crippen LogP contribution in [0, 0.1) is 0 Å². The number of aromatic nitrogens is 2. The summed E-state index contributed by atoms with van der Waals surface area (Å²) in [5.41, 5.74) is 1.13. The van der Waals surface area contributed by atoms with E-state index in [2.05, 4.69) is 15.3 Å². The van der Waals surface area contributed by atoms with E-state index in [1.54, 1.807) is 29.0 Å². The van der Waals surface area contributed by atoms with E-state index < -0.39 is 0 Å². The molecule has 2 aromatic rings. The van der Waals surface area contributed by atoms with Crippen LogP contribution in [-0.4, -0.2) is 63.9 Å². The van der Waals surface area contributed by atoms with E-state index in [-0.39, 0.29) is 17.9 Å². The SMILES string of the molecule is CC(=O)N1CCN(C(=O)c2ccnc(Nc3ccc(OC(C)C)cc3)n2)CC1. The zero-order valence-electron chi connectivity index (χ0n) is 16.4. The minimum atomic E-state index is -0.158. The smallest absolute Gasteiger partial charge is 0.272 e. The molecule has 0 saturated carbocycles. The van der Waals surface area contributed by atoms with E-state index in [0.29, 0.717) is 37.8 Å². The van der Waals surface area contributed by atoms with Gasteiger partial charge >= 0.3 is 0 Å². The second-order valence-corrected chi connectivity index (χ2v) is 6.88. The molecule has 8 heteroatoms. The fourth-order valence-corrected chi connectivity index (χ4v) is 2.94. The number of nitrogens with one attached hydrogen (secondary N) is 1. The first-order valence-corrected chi connectivity index (χ1v) is 9.34. The molecule has 1 aliphatic heterocycles. The van der Waals surface area contributed by atoms with Crippen molar-refractivity contribution in [2.45, 2.75) is 26.9 Å². The van der Waals surface area contributed by atoms with Gasteiger partial charge < -0.3 is 19.9 Å². The van der Waals surface area contributed by atoms with E-state index in [1.165, 1.54) is 0 Å². The molecule has 0 bridgehead atoms. The molecule has 28 heavy (non-hydrogen) atoms. The van der Waals surface area contributed by atoms with Crippen molar-refractivity contribution in [3.8, 4) is 5.75 Å². The molecule has 0 spiro atoms. The third-order valence-electron chi connectivity index (χ3n) is 4.37. The maximum Gasteiger partial charge on any atom is 0.272 e. The minimum Gasteiger partial charge on any atom is -0.491 e. The number of hydrogen-bond acceptors (Lipinski definition) is 6. The van der Waals surface area contributed by atoms with Gasteiger partial charge in [0.15, 0.2) is 0 Å². The van der Waals surface area contributed by atoms with Crippen LogP contribution in [0.1, 0.15) is 31.3 Å². The maximum absolute atomic E-state index is 12.7. The van der Waals surface area contributed by atoms with Gasteiger partial charge in [-0.1, -0.05) is 0 Å². The number of ether oxygens (including phenoxy) is 1. The molecule has 2 heterocycles. The minimum absolute atomic E-state index is 0.0328. The number of carbonyl (C=O) groups is 2. The van der Waals surface area contributed by atoms with Gasteiger partial charge in [-0.15, -0.1) is 0 Å². The summed E-state index contributed by atoms with van der Waals surface area (Å²) < 4.78 is 5.63. The lowest BCUT2D eigenvalue weighted by Crippen LogP contribution is -2.50. The predicted molar refractivity (Wildman–Crippen MR) is 106 cm³/mol. The largest absolute Gasteiger partial charge is 0.491 e. The molecule has 148 valence electrons. The predicted octanol–water partition coefficient (Wildman–Crippen LogP) is 2.31. The van der Waals surface area contributed by atoms with E-state index in [1.807, 2.05) is 38.1 Å². The zero-order valence-corrected chi connectivity index (χ0v) is 16.4.